The van der Waals surface area contributed by atoms with Gasteiger partial charge < -0.3 is 10.2 Å². The fourth-order valence-corrected chi connectivity index (χ4v) is 5.25. The van der Waals surface area contributed by atoms with Crippen LogP contribution in [0.15, 0.2) is 72.8 Å². The van der Waals surface area contributed by atoms with Gasteiger partial charge in [-0.15, -0.1) is 11.8 Å². The van der Waals surface area contributed by atoms with E-state index in [0.717, 1.165) is 16.9 Å². The van der Waals surface area contributed by atoms with Crippen molar-refractivity contribution in [3.05, 3.63) is 105 Å². The van der Waals surface area contributed by atoms with E-state index in [2.05, 4.69) is 24.4 Å². The Hall–Kier alpha value is -2.47. The van der Waals surface area contributed by atoms with Crippen LogP contribution in [0.2, 0.25) is 10.0 Å². The molecule has 0 saturated heterocycles. The second-order valence-electron chi connectivity index (χ2n) is 10.1. The van der Waals surface area contributed by atoms with Crippen molar-refractivity contribution in [3.8, 4) is 0 Å². The Morgan fingerprint density at radius 1 is 0.919 bits per heavy atom. The van der Waals surface area contributed by atoms with Crippen molar-refractivity contribution in [3.63, 3.8) is 0 Å². The van der Waals surface area contributed by atoms with Crippen LogP contribution >= 0.6 is 35.0 Å². The van der Waals surface area contributed by atoms with Crippen molar-refractivity contribution in [1.29, 1.82) is 0 Å². The molecule has 4 nitrogen and oxygen atoms in total. The molecule has 2 amide bonds. The molecule has 0 aromatic heterocycles. The zero-order valence-corrected chi connectivity index (χ0v) is 24.1. The lowest BCUT2D eigenvalue weighted by Gasteiger charge is -2.34. The molecule has 0 aliphatic heterocycles. The number of hydrogen-bond acceptors (Lipinski definition) is 3. The number of hydrogen-bond donors (Lipinski definition) is 1. The lowest BCUT2D eigenvalue weighted by atomic mass is 10.0. The minimum absolute atomic E-state index is 0.102. The van der Waals surface area contributed by atoms with Crippen molar-refractivity contribution >= 4 is 46.8 Å². The third kappa shape index (κ3) is 9.10. The van der Waals surface area contributed by atoms with E-state index >= 15 is 0 Å². The van der Waals surface area contributed by atoms with Crippen molar-refractivity contribution in [1.82, 2.24) is 10.2 Å². The first-order chi connectivity index (χ1) is 17.5. The van der Waals surface area contributed by atoms with Crippen LogP contribution in [0, 0.1) is 6.92 Å². The average molecular weight is 558 g/mol. The SMILES string of the molecule is Cc1ccccc1CSCC(=O)N(Cc1ccc(Cl)c(Cl)c1)C(Cc1ccccc1)C(=O)NC(C)(C)C. The third-order valence-corrected chi connectivity index (χ3v) is 7.56. The lowest BCUT2D eigenvalue weighted by molar-refractivity contribution is -0.140. The van der Waals surface area contributed by atoms with E-state index in [1.807, 2.05) is 69.3 Å². The highest BCUT2D eigenvalue weighted by Gasteiger charge is 2.32. The van der Waals surface area contributed by atoms with E-state index in [1.54, 1.807) is 28.8 Å². The molecule has 0 aliphatic rings. The normalized spacial score (nSPS) is 12.2. The molecule has 196 valence electrons. The van der Waals surface area contributed by atoms with Gasteiger partial charge in [0.1, 0.15) is 6.04 Å². The third-order valence-electron chi connectivity index (χ3n) is 5.85. The van der Waals surface area contributed by atoms with Gasteiger partial charge in [-0.2, -0.15) is 0 Å². The van der Waals surface area contributed by atoms with E-state index in [-0.39, 0.29) is 24.1 Å². The van der Waals surface area contributed by atoms with Crippen LogP contribution in [0.25, 0.3) is 0 Å². The number of carbonyl (C=O) groups is 2. The molecule has 0 spiro atoms. The van der Waals surface area contributed by atoms with E-state index in [4.69, 9.17) is 23.2 Å². The number of rotatable bonds is 10. The lowest BCUT2D eigenvalue weighted by Crippen LogP contribution is -2.54. The van der Waals surface area contributed by atoms with E-state index in [1.165, 1.54) is 11.1 Å². The van der Waals surface area contributed by atoms with E-state index < -0.39 is 11.6 Å². The Bertz CT molecular complexity index is 1210. The summed E-state index contributed by atoms with van der Waals surface area (Å²) in [7, 11) is 0. The van der Waals surface area contributed by atoms with Gasteiger partial charge >= 0.3 is 0 Å². The molecule has 1 atom stereocenters. The number of thioether (sulfide) groups is 1. The molecule has 1 unspecified atom stereocenters. The number of amides is 2. The Morgan fingerprint density at radius 2 is 1.59 bits per heavy atom. The molecule has 1 N–H and O–H groups in total. The van der Waals surface area contributed by atoms with Gasteiger partial charge in [-0.05, 0) is 62.1 Å². The molecule has 0 saturated carbocycles. The monoisotopic (exact) mass is 556 g/mol. The first kappa shape index (κ1) is 29.1. The van der Waals surface area contributed by atoms with Crippen molar-refractivity contribution in [2.45, 2.75) is 58.0 Å². The quantitative estimate of drug-likeness (QED) is 0.290. The summed E-state index contributed by atoms with van der Waals surface area (Å²) < 4.78 is 0. The van der Waals surface area contributed by atoms with Crippen LogP contribution in [-0.4, -0.2) is 34.0 Å². The number of halogens is 2. The summed E-state index contributed by atoms with van der Waals surface area (Å²) in [6.07, 6.45) is 0.401. The number of carbonyl (C=O) groups excluding carboxylic acids is 2. The van der Waals surface area contributed by atoms with Gasteiger partial charge in [0.25, 0.3) is 0 Å². The highest BCUT2D eigenvalue weighted by molar-refractivity contribution is 7.99. The topological polar surface area (TPSA) is 49.4 Å². The van der Waals surface area contributed by atoms with Gasteiger partial charge in [0.2, 0.25) is 11.8 Å². The minimum atomic E-state index is -0.692. The summed E-state index contributed by atoms with van der Waals surface area (Å²) in [6.45, 7) is 8.13. The predicted octanol–water partition coefficient (Wildman–Crippen LogP) is 7.09. The molecule has 37 heavy (non-hydrogen) atoms. The molecule has 0 fully saturated rings. The maximum atomic E-state index is 13.7. The van der Waals surface area contributed by atoms with Crippen LogP contribution in [0.1, 0.15) is 43.0 Å². The van der Waals surface area contributed by atoms with Gasteiger partial charge in [-0.3, -0.25) is 9.59 Å². The zero-order chi connectivity index (χ0) is 27.0. The maximum Gasteiger partial charge on any atom is 0.243 e. The van der Waals surface area contributed by atoms with Crippen LogP contribution < -0.4 is 5.32 Å². The summed E-state index contributed by atoms with van der Waals surface area (Å²) in [4.78, 5) is 29.0. The Balaban J connectivity index is 1.90. The largest absolute Gasteiger partial charge is 0.350 e. The molecule has 7 heteroatoms. The van der Waals surface area contributed by atoms with Gasteiger partial charge in [0.05, 0.1) is 15.8 Å². The van der Waals surface area contributed by atoms with Gasteiger partial charge in [0, 0.05) is 24.3 Å². The highest BCUT2D eigenvalue weighted by Crippen LogP contribution is 2.25. The number of nitrogens with zero attached hydrogens (tertiary/aromatic N) is 1. The maximum absolute atomic E-state index is 13.7. The fraction of sp³-hybridized carbons (Fsp3) is 0.333. The predicted molar refractivity (Wildman–Crippen MR) is 156 cm³/mol. The van der Waals surface area contributed by atoms with E-state index in [9.17, 15) is 9.59 Å². The summed E-state index contributed by atoms with van der Waals surface area (Å²) in [5, 5.41) is 3.95. The molecular formula is C30H34Cl2N2O2S. The average Bonchev–Trinajstić information content (AvgIpc) is 2.84. The van der Waals surface area contributed by atoms with Crippen molar-refractivity contribution < 1.29 is 9.59 Å². The summed E-state index contributed by atoms with van der Waals surface area (Å²) >= 11 is 14.0. The number of nitrogens with one attached hydrogen (secondary N) is 1. The van der Waals surface area contributed by atoms with Crippen LogP contribution in [0.4, 0.5) is 0 Å². The Labute approximate surface area is 234 Å². The second-order valence-corrected chi connectivity index (χ2v) is 11.9. The Kier molecular flexibility index (Phi) is 10.5. The fourth-order valence-electron chi connectivity index (χ4n) is 3.94. The molecular weight excluding hydrogens is 523 g/mol. The zero-order valence-electron chi connectivity index (χ0n) is 21.8. The number of aryl methyl sites for hydroxylation is 1. The minimum Gasteiger partial charge on any atom is -0.350 e. The molecule has 0 aliphatic carbocycles. The van der Waals surface area contributed by atoms with Crippen molar-refractivity contribution in [2.24, 2.45) is 0 Å². The summed E-state index contributed by atoms with van der Waals surface area (Å²) in [6, 6.07) is 22.6. The summed E-state index contributed by atoms with van der Waals surface area (Å²) in [5.74, 6) is 0.684. The second kappa shape index (κ2) is 13.4. The molecule has 3 aromatic carbocycles. The number of benzene rings is 3. The highest BCUT2D eigenvalue weighted by atomic mass is 35.5. The first-order valence-electron chi connectivity index (χ1n) is 12.2. The van der Waals surface area contributed by atoms with Crippen LogP contribution in [0.3, 0.4) is 0 Å². The standard InChI is InChI=1S/C30H34Cl2N2O2S/c1-21-10-8-9-13-24(21)19-37-20-28(35)34(18-23-14-15-25(31)26(32)16-23)27(29(36)33-30(2,3)4)17-22-11-6-5-7-12-22/h5-16,27H,17-20H2,1-4H3,(H,33,36). The smallest absolute Gasteiger partial charge is 0.243 e. The van der Waals surface area contributed by atoms with E-state index in [0.29, 0.717) is 16.5 Å². The first-order valence-corrected chi connectivity index (χ1v) is 14.2. The van der Waals surface area contributed by atoms with Gasteiger partial charge in [-0.1, -0.05) is 83.9 Å². The van der Waals surface area contributed by atoms with Crippen molar-refractivity contribution in [2.75, 3.05) is 5.75 Å². The molecule has 0 radical (unpaired) electrons. The Morgan fingerprint density at radius 3 is 2.24 bits per heavy atom. The van der Waals surface area contributed by atoms with Gasteiger partial charge in [0.15, 0.2) is 0 Å². The molecule has 3 rings (SSSR count). The van der Waals surface area contributed by atoms with Crippen LogP contribution in [-0.2, 0) is 28.3 Å². The van der Waals surface area contributed by atoms with Crippen LogP contribution in [0.5, 0.6) is 0 Å². The van der Waals surface area contributed by atoms with Gasteiger partial charge in [-0.25, -0.2) is 0 Å². The molecule has 0 heterocycles. The summed E-state index contributed by atoms with van der Waals surface area (Å²) in [5.41, 5.74) is 3.75. The molecule has 0 bridgehead atoms. The molecule has 3 aromatic rings.